The van der Waals surface area contributed by atoms with Crippen molar-refractivity contribution in [3.63, 3.8) is 0 Å². The van der Waals surface area contributed by atoms with Gasteiger partial charge in [-0.05, 0) is 68.2 Å². The molecule has 166 valence electrons. The number of nitrogens with zero attached hydrogens (tertiary/aromatic N) is 4. The Balaban J connectivity index is 1.32. The first-order chi connectivity index (χ1) is 15.1. The summed E-state index contributed by atoms with van der Waals surface area (Å²) in [6.07, 6.45) is 7.98. The van der Waals surface area contributed by atoms with Crippen molar-refractivity contribution in [2.24, 2.45) is 11.8 Å². The molecule has 0 amide bonds. The van der Waals surface area contributed by atoms with E-state index in [9.17, 15) is 4.39 Å². The summed E-state index contributed by atoms with van der Waals surface area (Å²) in [5, 5.41) is 0. The maximum Gasteiger partial charge on any atom is 0.130 e. The number of piperidine rings is 2. The SMILES string of the molecule is CC(C)C1CCN(c2ccnc(N3CC[C@@H]4[C@H]3CCCN4c3cccc(F)c3)c2)CC1. The van der Waals surface area contributed by atoms with Gasteiger partial charge >= 0.3 is 0 Å². The van der Waals surface area contributed by atoms with Gasteiger partial charge in [0.2, 0.25) is 0 Å². The topological polar surface area (TPSA) is 22.6 Å². The highest BCUT2D eigenvalue weighted by Gasteiger charge is 2.41. The molecule has 3 aliphatic rings. The van der Waals surface area contributed by atoms with Crippen LogP contribution >= 0.6 is 0 Å². The van der Waals surface area contributed by atoms with Gasteiger partial charge in [0.1, 0.15) is 11.6 Å². The fraction of sp³-hybridized carbons (Fsp3) is 0.577. The van der Waals surface area contributed by atoms with Crippen molar-refractivity contribution in [3.8, 4) is 0 Å². The molecule has 1 aromatic heterocycles. The third-order valence-electron chi connectivity index (χ3n) is 7.82. The Morgan fingerprint density at radius 2 is 1.68 bits per heavy atom. The van der Waals surface area contributed by atoms with Gasteiger partial charge in [-0.2, -0.15) is 0 Å². The van der Waals surface area contributed by atoms with E-state index in [-0.39, 0.29) is 5.82 Å². The van der Waals surface area contributed by atoms with E-state index in [4.69, 9.17) is 4.98 Å². The van der Waals surface area contributed by atoms with Crippen molar-refractivity contribution >= 4 is 17.2 Å². The molecule has 5 heteroatoms. The van der Waals surface area contributed by atoms with Crippen molar-refractivity contribution in [3.05, 3.63) is 48.4 Å². The quantitative estimate of drug-likeness (QED) is 0.663. The molecule has 0 bridgehead atoms. The van der Waals surface area contributed by atoms with Crippen molar-refractivity contribution in [1.29, 1.82) is 0 Å². The summed E-state index contributed by atoms with van der Waals surface area (Å²) in [7, 11) is 0. The smallest absolute Gasteiger partial charge is 0.130 e. The molecule has 0 aliphatic carbocycles. The molecular formula is C26H35FN4. The second-order valence-electron chi connectivity index (χ2n) is 9.87. The Hall–Kier alpha value is -2.30. The lowest BCUT2D eigenvalue weighted by Gasteiger charge is -2.42. The van der Waals surface area contributed by atoms with E-state index < -0.39 is 0 Å². The van der Waals surface area contributed by atoms with Crippen molar-refractivity contribution < 1.29 is 4.39 Å². The van der Waals surface area contributed by atoms with Crippen LogP contribution in [-0.2, 0) is 0 Å². The van der Waals surface area contributed by atoms with Crippen LogP contribution in [0.15, 0.2) is 42.6 Å². The molecule has 2 aromatic rings. The lowest BCUT2D eigenvalue weighted by molar-refractivity contribution is 0.311. The van der Waals surface area contributed by atoms with Crippen molar-refractivity contribution in [1.82, 2.24) is 4.98 Å². The van der Waals surface area contributed by atoms with E-state index in [0.717, 1.165) is 62.4 Å². The van der Waals surface area contributed by atoms with E-state index >= 15 is 0 Å². The number of benzene rings is 1. The van der Waals surface area contributed by atoms with Gasteiger partial charge in [0.15, 0.2) is 0 Å². The molecule has 31 heavy (non-hydrogen) atoms. The van der Waals surface area contributed by atoms with Crippen LogP contribution in [0, 0.1) is 17.7 Å². The second-order valence-corrected chi connectivity index (χ2v) is 9.87. The summed E-state index contributed by atoms with van der Waals surface area (Å²) < 4.78 is 13.8. The predicted molar refractivity (Wildman–Crippen MR) is 127 cm³/mol. The fourth-order valence-electron chi connectivity index (χ4n) is 6.03. The summed E-state index contributed by atoms with van der Waals surface area (Å²) in [5.41, 5.74) is 2.33. The minimum Gasteiger partial charge on any atom is -0.371 e. The first-order valence-electron chi connectivity index (χ1n) is 12.1. The van der Waals surface area contributed by atoms with E-state index in [1.54, 1.807) is 6.07 Å². The van der Waals surface area contributed by atoms with Gasteiger partial charge in [-0.3, -0.25) is 0 Å². The molecule has 0 radical (unpaired) electrons. The number of halogens is 1. The lowest BCUT2D eigenvalue weighted by Crippen LogP contribution is -2.50. The van der Waals surface area contributed by atoms with Crippen molar-refractivity contribution in [2.75, 3.05) is 40.9 Å². The minimum atomic E-state index is -0.148. The molecule has 3 aliphatic heterocycles. The Morgan fingerprint density at radius 1 is 0.871 bits per heavy atom. The van der Waals surface area contributed by atoms with E-state index in [0.29, 0.717) is 12.1 Å². The van der Waals surface area contributed by atoms with Gasteiger partial charge < -0.3 is 14.7 Å². The summed E-state index contributed by atoms with van der Waals surface area (Å²) in [6, 6.07) is 12.5. The molecule has 2 atom stereocenters. The first-order valence-corrected chi connectivity index (χ1v) is 12.1. The van der Waals surface area contributed by atoms with Crippen LogP contribution in [0.4, 0.5) is 21.6 Å². The van der Waals surface area contributed by atoms with E-state index in [2.05, 4.69) is 40.7 Å². The molecule has 0 unspecified atom stereocenters. The highest BCUT2D eigenvalue weighted by atomic mass is 19.1. The van der Waals surface area contributed by atoms with Gasteiger partial charge in [0.25, 0.3) is 0 Å². The number of aromatic nitrogens is 1. The number of hydrogen-bond donors (Lipinski definition) is 0. The predicted octanol–water partition coefficient (Wildman–Crippen LogP) is 5.34. The third kappa shape index (κ3) is 4.11. The Morgan fingerprint density at radius 3 is 2.45 bits per heavy atom. The number of hydrogen-bond acceptors (Lipinski definition) is 4. The van der Waals surface area contributed by atoms with Gasteiger partial charge in [-0.25, -0.2) is 9.37 Å². The molecule has 4 nitrogen and oxygen atoms in total. The molecular weight excluding hydrogens is 387 g/mol. The summed E-state index contributed by atoms with van der Waals surface area (Å²) in [5.74, 6) is 2.60. The molecule has 0 saturated carbocycles. The average Bonchev–Trinajstić information content (AvgIpc) is 3.23. The van der Waals surface area contributed by atoms with Crippen LogP contribution in [0.2, 0.25) is 0 Å². The van der Waals surface area contributed by atoms with Crippen LogP contribution in [0.3, 0.4) is 0 Å². The van der Waals surface area contributed by atoms with Crippen LogP contribution in [0.25, 0.3) is 0 Å². The monoisotopic (exact) mass is 422 g/mol. The number of fused-ring (bicyclic) bond motifs is 1. The highest BCUT2D eigenvalue weighted by molar-refractivity contribution is 5.58. The van der Waals surface area contributed by atoms with Crippen molar-refractivity contribution in [2.45, 2.75) is 58.0 Å². The Bertz CT molecular complexity index is 892. The first kappa shape index (κ1) is 20.6. The number of rotatable bonds is 4. The molecule has 3 saturated heterocycles. The second kappa shape index (κ2) is 8.68. The minimum absolute atomic E-state index is 0.148. The average molecular weight is 423 g/mol. The molecule has 3 fully saturated rings. The Kier molecular flexibility index (Phi) is 5.77. The van der Waals surface area contributed by atoms with Gasteiger partial charge in [-0.1, -0.05) is 19.9 Å². The van der Waals surface area contributed by atoms with Crippen LogP contribution < -0.4 is 14.7 Å². The summed E-state index contributed by atoms with van der Waals surface area (Å²) in [6.45, 7) is 9.03. The van der Waals surface area contributed by atoms with E-state index in [1.165, 1.54) is 31.0 Å². The fourth-order valence-corrected chi connectivity index (χ4v) is 6.03. The summed E-state index contributed by atoms with van der Waals surface area (Å²) >= 11 is 0. The van der Waals surface area contributed by atoms with E-state index in [1.807, 2.05) is 18.3 Å². The van der Waals surface area contributed by atoms with Crippen LogP contribution in [0.5, 0.6) is 0 Å². The molecule has 1 aromatic carbocycles. The highest BCUT2D eigenvalue weighted by Crippen LogP contribution is 2.37. The zero-order chi connectivity index (χ0) is 21.4. The maximum absolute atomic E-state index is 13.8. The number of anilines is 3. The van der Waals surface area contributed by atoms with Gasteiger partial charge in [0.05, 0.1) is 12.1 Å². The normalized spacial score (nSPS) is 24.7. The van der Waals surface area contributed by atoms with Gasteiger partial charge in [0, 0.05) is 49.8 Å². The standard InChI is InChI=1S/C26H35FN4/c1-19(2)20-9-14-29(15-10-20)22-8-12-28-26(18-22)31-16-11-25-24(31)7-4-13-30(25)23-6-3-5-21(27)17-23/h3,5-6,8,12,17-20,24-25H,4,7,9-11,13-16H2,1-2H3/t24-,25-/m1/s1. The molecule has 5 rings (SSSR count). The lowest BCUT2D eigenvalue weighted by atomic mass is 9.86. The zero-order valence-corrected chi connectivity index (χ0v) is 18.9. The van der Waals surface area contributed by atoms with Crippen LogP contribution in [-0.4, -0.2) is 43.2 Å². The van der Waals surface area contributed by atoms with Crippen LogP contribution in [0.1, 0.15) is 46.0 Å². The summed E-state index contributed by atoms with van der Waals surface area (Å²) in [4.78, 5) is 12.3. The maximum atomic E-state index is 13.8. The number of pyridine rings is 1. The van der Waals surface area contributed by atoms with Gasteiger partial charge in [-0.15, -0.1) is 0 Å². The largest absolute Gasteiger partial charge is 0.371 e. The Labute approximate surface area is 186 Å². The molecule has 4 heterocycles. The molecule has 0 spiro atoms. The molecule has 0 N–H and O–H groups in total. The zero-order valence-electron chi connectivity index (χ0n) is 18.9. The third-order valence-corrected chi connectivity index (χ3v) is 7.82.